The van der Waals surface area contributed by atoms with Crippen molar-refractivity contribution in [3.8, 4) is 0 Å². The van der Waals surface area contributed by atoms with Gasteiger partial charge in [0, 0.05) is 22.7 Å². The molecule has 1 heterocycles. The maximum Gasteiger partial charge on any atom is 0.228 e. The zero-order chi connectivity index (χ0) is 11.9. The van der Waals surface area contributed by atoms with Crippen molar-refractivity contribution < 1.29 is 9.18 Å². The van der Waals surface area contributed by atoms with Gasteiger partial charge < -0.3 is 4.90 Å². The van der Waals surface area contributed by atoms with Gasteiger partial charge in [0.15, 0.2) is 0 Å². The van der Waals surface area contributed by atoms with Gasteiger partial charge in [0.25, 0.3) is 0 Å². The van der Waals surface area contributed by atoms with Crippen molar-refractivity contribution in [2.45, 2.75) is 11.7 Å². The molecule has 2 nitrogen and oxygen atoms in total. The predicted octanol–water partition coefficient (Wildman–Crippen LogP) is 3.28. The number of carbonyl (C=O) groups excluding carboxylic acids is 1. The van der Waals surface area contributed by atoms with Crippen LogP contribution in [0.25, 0.3) is 0 Å². The number of anilines is 1. The van der Waals surface area contributed by atoms with E-state index >= 15 is 0 Å². The lowest BCUT2D eigenvalue weighted by atomic mass is 10.3. The van der Waals surface area contributed by atoms with Gasteiger partial charge in [-0.2, -0.15) is 12.6 Å². The van der Waals surface area contributed by atoms with Crippen molar-refractivity contribution in [3.63, 3.8) is 0 Å². The summed E-state index contributed by atoms with van der Waals surface area (Å²) in [5.41, 5.74) is 0.518. The molecule has 0 radical (unpaired) electrons. The first kappa shape index (κ1) is 12.2. The van der Waals surface area contributed by atoms with Gasteiger partial charge in [-0.25, -0.2) is 4.39 Å². The van der Waals surface area contributed by atoms with Crippen molar-refractivity contribution in [3.05, 3.63) is 27.4 Å². The third kappa shape index (κ3) is 2.21. The predicted molar refractivity (Wildman–Crippen MR) is 68.9 cm³/mol. The van der Waals surface area contributed by atoms with Gasteiger partial charge in [0.05, 0.1) is 10.7 Å². The number of benzene rings is 1. The fourth-order valence-corrected chi connectivity index (χ4v) is 3.09. The molecular formula is C10H8BrClFNOS. The van der Waals surface area contributed by atoms with E-state index in [0.717, 1.165) is 0 Å². The molecule has 1 aliphatic rings. The lowest BCUT2D eigenvalue weighted by Crippen LogP contribution is -2.25. The van der Waals surface area contributed by atoms with Crippen molar-refractivity contribution in [2.24, 2.45) is 0 Å². The third-order valence-corrected chi connectivity index (χ3v) is 3.59. The highest BCUT2D eigenvalue weighted by Gasteiger charge is 2.31. The molecule has 1 atom stereocenters. The van der Waals surface area contributed by atoms with Gasteiger partial charge >= 0.3 is 0 Å². The molecule has 1 saturated heterocycles. The Kier molecular flexibility index (Phi) is 3.47. The van der Waals surface area contributed by atoms with Crippen LogP contribution in [-0.2, 0) is 4.79 Å². The molecule has 1 fully saturated rings. The van der Waals surface area contributed by atoms with Gasteiger partial charge in [-0.05, 0) is 28.1 Å². The lowest BCUT2D eigenvalue weighted by molar-refractivity contribution is -0.117. The first-order valence-corrected chi connectivity index (χ1v) is 6.30. The summed E-state index contributed by atoms with van der Waals surface area (Å²) in [6, 6.07) is 2.49. The van der Waals surface area contributed by atoms with Crippen LogP contribution in [0.4, 0.5) is 10.1 Å². The molecule has 0 spiro atoms. The summed E-state index contributed by atoms with van der Waals surface area (Å²) in [5.74, 6) is -0.482. The number of amides is 1. The van der Waals surface area contributed by atoms with E-state index < -0.39 is 5.82 Å². The summed E-state index contributed by atoms with van der Waals surface area (Å²) in [7, 11) is 0. The Morgan fingerprint density at radius 1 is 1.56 bits per heavy atom. The van der Waals surface area contributed by atoms with E-state index in [1.165, 1.54) is 17.0 Å². The summed E-state index contributed by atoms with van der Waals surface area (Å²) in [5, 5.41) is 0.225. The van der Waals surface area contributed by atoms with Crippen molar-refractivity contribution in [2.75, 3.05) is 11.4 Å². The highest BCUT2D eigenvalue weighted by atomic mass is 79.9. The first-order valence-electron chi connectivity index (χ1n) is 4.62. The highest BCUT2D eigenvalue weighted by Crippen LogP contribution is 2.37. The molecule has 1 unspecified atom stereocenters. The Morgan fingerprint density at radius 2 is 2.25 bits per heavy atom. The smallest absolute Gasteiger partial charge is 0.228 e. The third-order valence-electron chi connectivity index (χ3n) is 2.36. The van der Waals surface area contributed by atoms with E-state index in [9.17, 15) is 9.18 Å². The van der Waals surface area contributed by atoms with E-state index in [1.807, 2.05) is 0 Å². The second-order valence-corrected chi connectivity index (χ2v) is 5.57. The van der Waals surface area contributed by atoms with E-state index in [4.69, 9.17) is 11.6 Å². The fraction of sp³-hybridized carbons (Fsp3) is 0.300. The molecular weight excluding hydrogens is 317 g/mol. The number of rotatable bonds is 1. The Bertz CT molecular complexity index is 433. The van der Waals surface area contributed by atoms with Gasteiger partial charge in [-0.3, -0.25) is 4.79 Å². The van der Waals surface area contributed by atoms with Crippen LogP contribution in [0.2, 0.25) is 5.02 Å². The number of hydrogen-bond acceptors (Lipinski definition) is 2. The van der Waals surface area contributed by atoms with Crippen molar-refractivity contribution in [1.82, 2.24) is 0 Å². The SMILES string of the molecule is O=C1CC(S)CN1c1c(Cl)cc(F)cc1Br. The van der Waals surface area contributed by atoms with Crippen LogP contribution in [0, 0.1) is 5.82 Å². The highest BCUT2D eigenvalue weighted by molar-refractivity contribution is 9.10. The van der Waals surface area contributed by atoms with Crippen LogP contribution in [0.1, 0.15) is 6.42 Å². The molecule has 1 amide bonds. The normalized spacial score (nSPS) is 20.6. The minimum atomic E-state index is -0.435. The Balaban J connectivity index is 2.44. The monoisotopic (exact) mass is 323 g/mol. The van der Waals surface area contributed by atoms with E-state index in [1.54, 1.807) is 0 Å². The maximum absolute atomic E-state index is 13.0. The van der Waals surface area contributed by atoms with Crippen LogP contribution in [0.5, 0.6) is 0 Å². The average Bonchev–Trinajstić information content (AvgIpc) is 2.43. The summed E-state index contributed by atoms with van der Waals surface area (Å²) < 4.78 is 13.5. The number of carbonyl (C=O) groups is 1. The first-order chi connectivity index (χ1) is 7.49. The zero-order valence-electron chi connectivity index (χ0n) is 8.08. The van der Waals surface area contributed by atoms with Gasteiger partial charge in [0.1, 0.15) is 5.82 Å². The molecule has 0 N–H and O–H groups in total. The average molecular weight is 325 g/mol. The molecule has 1 aromatic rings. The van der Waals surface area contributed by atoms with Gasteiger partial charge in [-0.1, -0.05) is 11.6 Å². The van der Waals surface area contributed by atoms with Crippen LogP contribution < -0.4 is 4.90 Å². The van der Waals surface area contributed by atoms with Crippen LogP contribution >= 0.6 is 40.2 Å². The fourth-order valence-electron chi connectivity index (χ4n) is 1.70. The van der Waals surface area contributed by atoms with Crippen LogP contribution in [0.3, 0.4) is 0 Å². The summed E-state index contributed by atoms with van der Waals surface area (Å²) in [4.78, 5) is 13.2. The van der Waals surface area contributed by atoms with Crippen molar-refractivity contribution in [1.29, 1.82) is 0 Å². The summed E-state index contributed by atoms with van der Waals surface area (Å²) in [6.07, 6.45) is 0.378. The number of hydrogen-bond donors (Lipinski definition) is 1. The van der Waals surface area contributed by atoms with Gasteiger partial charge in [0.2, 0.25) is 5.91 Å². The molecule has 0 bridgehead atoms. The Morgan fingerprint density at radius 3 is 2.75 bits per heavy atom. The summed E-state index contributed by atoms with van der Waals surface area (Å²) in [6.45, 7) is 0.492. The number of thiol groups is 1. The summed E-state index contributed by atoms with van der Waals surface area (Å²) >= 11 is 13.4. The van der Waals surface area contributed by atoms with E-state index in [2.05, 4.69) is 28.6 Å². The molecule has 6 heteroatoms. The topological polar surface area (TPSA) is 20.3 Å². The molecule has 86 valence electrons. The maximum atomic E-state index is 13.0. The molecule has 0 aliphatic carbocycles. The largest absolute Gasteiger partial charge is 0.309 e. The minimum absolute atomic E-state index is 0.000481. The number of nitrogens with zero attached hydrogens (tertiary/aromatic N) is 1. The molecule has 0 aromatic heterocycles. The van der Waals surface area contributed by atoms with E-state index in [0.29, 0.717) is 23.1 Å². The standard InChI is InChI=1S/C10H8BrClFNOS/c11-7-1-5(13)2-8(12)10(7)14-4-6(16)3-9(14)15/h1-2,6,16H,3-4H2. The Hall–Kier alpha value is -0.260. The molecule has 2 rings (SSSR count). The zero-order valence-corrected chi connectivity index (χ0v) is 11.3. The molecule has 1 aromatic carbocycles. The molecule has 0 saturated carbocycles. The minimum Gasteiger partial charge on any atom is -0.309 e. The molecule has 16 heavy (non-hydrogen) atoms. The quantitative estimate of drug-likeness (QED) is 0.786. The van der Waals surface area contributed by atoms with Crippen LogP contribution in [-0.4, -0.2) is 17.7 Å². The second kappa shape index (κ2) is 4.55. The van der Waals surface area contributed by atoms with E-state index in [-0.39, 0.29) is 16.2 Å². The molecule has 1 aliphatic heterocycles. The van der Waals surface area contributed by atoms with Crippen LogP contribution in [0.15, 0.2) is 16.6 Å². The second-order valence-electron chi connectivity index (χ2n) is 3.58. The van der Waals surface area contributed by atoms with Crippen molar-refractivity contribution >= 4 is 51.8 Å². The number of halogens is 3. The lowest BCUT2D eigenvalue weighted by Gasteiger charge is -2.19. The Labute approximate surface area is 111 Å². The van der Waals surface area contributed by atoms with Gasteiger partial charge in [-0.15, -0.1) is 0 Å².